The molecule has 0 aliphatic carbocycles. The van der Waals surface area contributed by atoms with Crippen molar-refractivity contribution in [1.29, 1.82) is 0 Å². The van der Waals surface area contributed by atoms with Gasteiger partial charge in [0.05, 0.1) is 7.11 Å². The summed E-state index contributed by atoms with van der Waals surface area (Å²) >= 11 is 0. The molecule has 0 bridgehead atoms. The first-order valence-corrected chi connectivity index (χ1v) is 10.6. The number of ether oxygens (including phenoxy) is 1. The van der Waals surface area contributed by atoms with Crippen molar-refractivity contribution in [3.05, 3.63) is 71.8 Å². The van der Waals surface area contributed by atoms with Crippen LogP contribution in [0.3, 0.4) is 0 Å². The van der Waals surface area contributed by atoms with E-state index in [4.69, 9.17) is 4.74 Å². The molecule has 1 atom stereocenters. The van der Waals surface area contributed by atoms with Crippen LogP contribution in [0.15, 0.2) is 60.7 Å². The molecule has 28 heavy (non-hydrogen) atoms. The van der Waals surface area contributed by atoms with Gasteiger partial charge in [0.15, 0.2) is 0 Å². The maximum atomic E-state index is 13.4. The molecule has 0 aliphatic heterocycles. The predicted molar refractivity (Wildman–Crippen MR) is 109 cm³/mol. The van der Waals surface area contributed by atoms with Crippen LogP contribution in [0.25, 0.3) is 0 Å². The van der Waals surface area contributed by atoms with Crippen molar-refractivity contribution in [2.24, 2.45) is 5.92 Å². The van der Waals surface area contributed by atoms with Crippen LogP contribution in [0.4, 0.5) is 0 Å². The van der Waals surface area contributed by atoms with Gasteiger partial charge in [-0.05, 0) is 17.0 Å². The van der Waals surface area contributed by atoms with Crippen molar-refractivity contribution in [2.45, 2.75) is 33.0 Å². The maximum Gasteiger partial charge on any atom is 0.324 e. The van der Waals surface area contributed by atoms with Crippen molar-refractivity contribution < 1.29 is 17.9 Å². The fourth-order valence-corrected chi connectivity index (χ4v) is 4.63. The number of hydrogen-bond donors (Lipinski definition) is 0. The normalized spacial score (nSPS) is 13.1. The number of methoxy groups -OCH3 is 1. The molecule has 2 aromatic rings. The number of carbonyl (C=O) groups is 1. The summed E-state index contributed by atoms with van der Waals surface area (Å²) in [6.45, 7) is 3.92. The molecular weight excluding hydrogens is 376 g/mol. The Hall–Kier alpha value is -2.22. The Morgan fingerprint density at radius 1 is 0.929 bits per heavy atom. The van der Waals surface area contributed by atoms with E-state index >= 15 is 0 Å². The molecule has 0 unspecified atom stereocenters. The SMILES string of the molecule is COC(=O)[C@@H](C(C)C)N(Cc1ccccc1)S(=O)(=O)N(C)Cc1ccccc1. The van der Waals surface area contributed by atoms with E-state index in [1.54, 1.807) is 0 Å². The lowest BCUT2D eigenvalue weighted by Gasteiger charge is -2.34. The highest BCUT2D eigenvalue weighted by molar-refractivity contribution is 7.86. The Balaban J connectivity index is 2.41. The summed E-state index contributed by atoms with van der Waals surface area (Å²) in [5, 5.41) is 0. The summed E-state index contributed by atoms with van der Waals surface area (Å²) in [5.41, 5.74) is 1.67. The van der Waals surface area contributed by atoms with Crippen LogP contribution in [-0.2, 0) is 32.8 Å². The average molecular weight is 405 g/mol. The Kier molecular flexibility index (Phi) is 7.74. The Morgan fingerprint density at radius 3 is 1.82 bits per heavy atom. The minimum Gasteiger partial charge on any atom is -0.468 e. The van der Waals surface area contributed by atoms with Gasteiger partial charge < -0.3 is 4.74 Å². The van der Waals surface area contributed by atoms with Crippen LogP contribution < -0.4 is 0 Å². The number of hydrogen-bond acceptors (Lipinski definition) is 4. The summed E-state index contributed by atoms with van der Waals surface area (Å²) in [6, 6.07) is 17.7. The van der Waals surface area contributed by atoms with E-state index < -0.39 is 22.2 Å². The quantitative estimate of drug-likeness (QED) is 0.603. The van der Waals surface area contributed by atoms with E-state index in [0.29, 0.717) is 0 Å². The summed E-state index contributed by atoms with van der Waals surface area (Å²) in [6.07, 6.45) is 0. The number of esters is 1. The first-order valence-electron chi connectivity index (χ1n) is 9.16. The average Bonchev–Trinajstić information content (AvgIpc) is 2.68. The van der Waals surface area contributed by atoms with Gasteiger partial charge in [-0.2, -0.15) is 17.0 Å². The van der Waals surface area contributed by atoms with E-state index in [1.807, 2.05) is 74.5 Å². The maximum absolute atomic E-state index is 13.4. The minimum absolute atomic E-state index is 0.0836. The van der Waals surface area contributed by atoms with Crippen LogP contribution in [0, 0.1) is 5.92 Å². The van der Waals surface area contributed by atoms with Crippen LogP contribution >= 0.6 is 0 Å². The van der Waals surface area contributed by atoms with Gasteiger partial charge >= 0.3 is 5.97 Å². The second-order valence-corrected chi connectivity index (χ2v) is 8.98. The van der Waals surface area contributed by atoms with Crippen molar-refractivity contribution in [2.75, 3.05) is 14.2 Å². The summed E-state index contributed by atoms with van der Waals surface area (Å²) in [7, 11) is -1.13. The molecule has 152 valence electrons. The second-order valence-electron chi connectivity index (χ2n) is 6.99. The monoisotopic (exact) mass is 404 g/mol. The highest BCUT2D eigenvalue weighted by Gasteiger charge is 2.39. The van der Waals surface area contributed by atoms with Crippen molar-refractivity contribution in [3.8, 4) is 0 Å². The standard InChI is InChI=1S/C21H28N2O4S/c1-17(2)20(21(24)27-4)23(16-19-13-9-6-10-14-19)28(25,26)22(3)15-18-11-7-5-8-12-18/h5-14,17,20H,15-16H2,1-4H3/t20-/m1/s1. The fraction of sp³-hybridized carbons (Fsp3) is 0.381. The first kappa shape index (κ1) is 22.1. The molecule has 6 nitrogen and oxygen atoms in total. The molecule has 2 rings (SSSR count). The van der Waals surface area contributed by atoms with Crippen LogP contribution in [-0.4, -0.2) is 43.2 Å². The Bertz CT molecular complexity index is 854. The van der Waals surface area contributed by atoms with Gasteiger partial charge in [-0.15, -0.1) is 0 Å². The molecule has 0 fully saturated rings. The zero-order valence-electron chi connectivity index (χ0n) is 16.8. The smallest absolute Gasteiger partial charge is 0.324 e. The van der Waals surface area contributed by atoms with Crippen LogP contribution in [0.2, 0.25) is 0 Å². The second kappa shape index (κ2) is 9.82. The van der Waals surface area contributed by atoms with Gasteiger partial charge in [-0.3, -0.25) is 4.79 Å². The first-order chi connectivity index (χ1) is 13.3. The number of rotatable bonds is 9. The third-order valence-corrected chi connectivity index (χ3v) is 6.37. The van der Waals surface area contributed by atoms with Gasteiger partial charge in [0.2, 0.25) is 0 Å². The highest BCUT2D eigenvalue weighted by Crippen LogP contribution is 2.23. The molecule has 0 aliphatic rings. The van der Waals surface area contributed by atoms with Gasteiger partial charge in [-0.1, -0.05) is 74.5 Å². The van der Waals surface area contributed by atoms with Crippen LogP contribution in [0.1, 0.15) is 25.0 Å². The van der Waals surface area contributed by atoms with Crippen molar-refractivity contribution in [3.63, 3.8) is 0 Å². The van der Waals surface area contributed by atoms with Crippen molar-refractivity contribution in [1.82, 2.24) is 8.61 Å². The summed E-state index contributed by atoms with van der Waals surface area (Å²) in [5.74, 6) is -0.821. The van der Waals surface area contributed by atoms with E-state index in [1.165, 1.54) is 22.8 Å². The molecule has 2 aromatic carbocycles. The van der Waals surface area contributed by atoms with E-state index in [2.05, 4.69) is 0 Å². The third-order valence-electron chi connectivity index (χ3n) is 4.50. The van der Waals surface area contributed by atoms with Gasteiger partial charge in [0, 0.05) is 20.1 Å². The van der Waals surface area contributed by atoms with E-state index in [0.717, 1.165) is 11.1 Å². The topological polar surface area (TPSA) is 66.9 Å². The third kappa shape index (κ3) is 5.41. The zero-order valence-corrected chi connectivity index (χ0v) is 17.6. The molecule has 0 aromatic heterocycles. The number of nitrogens with zero attached hydrogens (tertiary/aromatic N) is 2. The molecule has 0 radical (unpaired) electrons. The lowest BCUT2D eigenvalue weighted by Crippen LogP contribution is -2.52. The zero-order chi connectivity index (χ0) is 20.7. The predicted octanol–water partition coefficient (Wildman–Crippen LogP) is 3.06. The minimum atomic E-state index is -3.93. The van der Waals surface area contributed by atoms with Crippen LogP contribution in [0.5, 0.6) is 0 Å². The van der Waals surface area contributed by atoms with E-state index in [-0.39, 0.29) is 19.0 Å². The van der Waals surface area contributed by atoms with Gasteiger partial charge in [0.1, 0.15) is 6.04 Å². The molecule has 0 saturated carbocycles. The van der Waals surface area contributed by atoms with Gasteiger partial charge in [-0.25, -0.2) is 0 Å². The van der Waals surface area contributed by atoms with E-state index in [9.17, 15) is 13.2 Å². The molecule has 0 spiro atoms. The molecule has 0 N–H and O–H groups in total. The molecule has 0 amide bonds. The highest BCUT2D eigenvalue weighted by atomic mass is 32.2. The Labute approximate surface area is 167 Å². The Morgan fingerprint density at radius 2 is 1.39 bits per heavy atom. The molecular formula is C21H28N2O4S. The van der Waals surface area contributed by atoms with Crippen molar-refractivity contribution >= 4 is 16.2 Å². The summed E-state index contributed by atoms with van der Waals surface area (Å²) < 4.78 is 34.3. The largest absolute Gasteiger partial charge is 0.468 e. The molecule has 0 saturated heterocycles. The lowest BCUT2D eigenvalue weighted by molar-refractivity contribution is -0.146. The molecule has 7 heteroatoms. The lowest BCUT2D eigenvalue weighted by atomic mass is 10.0. The summed E-state index contributed by atoms with van der Waals surface area (Å²) in [4.78, 5) is 12.5. The fourth-order valence-electron chi connectivity index (χ4n) is 3.03. The van der Waals surface area contributed by atoms with Gasteiger partial charge in [0.25, 0.3) is 10.2 Å². The number of benzene rings is 2. The molecule has 0 heterocycles. The number of carbonyl (C=O) groups excluding carboxylic acids is 1.